The molecule has 1 aromatic carbocycles. The molecule has 0 bridgehead atoms. The number of nitrogens with two attached hydrogens (primary N) is 1. The van der Waals surface area contributed by atoms with Gasteiger partial charge < -0.3 is 10.5 Å². The van der Waals surface area contributed by atoms with Gasteiger partial charge in [0.25, 0.3) is 0 Å². The molecule has 4 nitrogen and oxygen atoms in total. The Morgan fingerprint density at radius 1 is 1.28 bits per heavy atom. The molecule has 0 amide bonds. The molecule has 0 spiro atoms. The van der Waals surface area contributed by atoms with Crippen molar-refractivity contribution in [2.24, 2.45) is 0 Å². The molecule has 0 atom stereocenters. The number of aromatic nitrogens is 2. The van der Waals surface area contributed by atoms with Crippen LogP contribution in [0.15, 0.2) is 24.3 Å². The molecule has 2 N–H and O–H groups in total. The van der Waals surface area contributed by atoms with Gasteiger partial charge in [0.15, 0.2) is 0 Å². The number of aryl methyl sites for hydroxylation is 1. The number of rotatable bonds is 2. The molecule has 2 heterocycles. The molecule has 0 radical (unpaired) electrons. The van der Waals surface area contributed by atoms with Gasteiger partial charge in [-0.05, 0) is 23.8 Å². The third kappa shape index (κ3) is 1.90. The summed E-state index contributed by atoms with van der Waals surface area (Å²) in [6.07, 6.45) is 1.75. The first-order valence-corrected chi connectivity index (χ1v) is 6.16. The Bertz CT molecular complexity index is 596. The number of hydrogen-bond donors (Lipinski definition) is 1. The van der Waals surface area contributed by atoms with E-state index in [4.69, 9.17) is 10.5 Å². The van der Waals surface area contributed by atoms with Crippen molar-refractivity contribution in [3.05, 3.63) is 35.7 Å². The molecule has 0 saturated heterocycles. The molecule has 1 aliphatic rings. The zero-order valence-corrected chi connectivity index (χ0v) is 10.3. The van der Waals surface area contributed by atoms with E-state index in [2.05, 4.69) is 16.0 Å². The Morgan fingerprint density at radius 3 is 3.00 bits per heavy atom. The van der Waals surface area contributed by atoms with Crippen molar-refractivity contribution < 1.29 is 4.74 Å². The molecule has 0 unspecified atom stereocenters. The van der Waals surface area contributed by atoms with Gasteiger partial charge >= 0.3 is 0 Å². The van der Waals surface area contributed by atoms with Crippen LogP contribution in [-0.2, 0) is 12.8 Å². The number of nitrogens with zero attached hydrogens (tertiary/aromatic N) is 2. The minimum absolute atomic E-state index is 0.522. The van der Waals surface area contributed by atoms with E-state index in [1.54, 1.807) is 0 Å². The zero-order chi connectivity index (χ0) is 12.5. The van der Waals surface area contributed by atoms with E-state index >= 15 is 0 Å². The third-order valence-corrected chi connectivity index (χ3v) is 3.09. The summed E-state index contributed by atoms with van der Waals surface area (Å²) < 4.78 is 5.50. The number of nitrogen functional groups attached to an aromatic ring is 1. The first-order chi connectivity index (χ1) is 8.76. The van der Waals surface area contributed by atoms with Crippen LogP contribution in [0.4, 0.5) is 5.82 Å². The summed E-state index contributed by atoms with van der Waals surface area (Å²) in [6.45, 7) is 2.79. The van der Waals surface area contributed by atoms with E-state index in [-0.39, 0.29) is 0 Å². The van der Waals surface area contributed by atoms with Gasteiger partial charge in [-0.2, -0.15) is 0 Å². The fourth-order valence-electron chi connectivity index (χ4n) is 2.17. The molecule has 4 heteroatoms. The van der Waals surface area contributed by atoms with Crippen molar-refractivity contribution in [1.82, 2.24) is 9.97 Å². The third-order valence-electron chi connectivity index (χ3n) is 3.09. The predicted octanol–water partition coefficient (Wildman–Crippen LogP) is 2.22. The molecule has 92 valence electrons. The summed E-state index contributed by atoms with van der Waals surface area (Å²) in [5, 5.41) is 0. The Morgan fingerprint density at radius 2 is 2.17 bits per heavy atom. The van der Waals surface area contributed by atoms with Crippen LogP contribution < -0.4 is 10.5 Å². The fourth-order valence-corrected chi connectivity index (χ4v) is 2.17. The van der Waals surface area contributed by atoms with Gasteiger partial charge in [-0.1, -0.05) is 6.92 Å². The highest BCUT2D eigenvalue weighted by atomic mass is 16.5. The number of hydrogen-bond acceptors (Lipinski definition) is 4. The average molecular weight is 241 g/mol. The molecule has 0 aliphatic carbocycles. The second-order valence-electron chi connectivity index (χ2n) is 4.37. The lowest BCUT2D eigenvalue weighted by atomic mass is 10.1. The van der Waals surface area contributed by atoms with Crippen LogP contribution in [0, 0.1) is 0 Å². The van der Waals surface area contributed by atoms with Gasteiger partial charge in [0.1, 0.15) is 17.4 Å². The van der Waals surface area contributed by atoms with Crippen molar-refractivity contribution in [2.75, 3.05) is 12.3 Å². The Hall–Kier alpha value is -2.10. The van der Waals surface area contributed by atoms with Gasteiger partial charge in [-0.15, -0.1) is 0 Å². The largest absolute Gasteiger partial charge is 0.493 e. The summed E-state index contributed by atoms with van der Waals surface area (Å²) in [6, 6.07) is 7.97. The smallest absolute Gasteiger partial charge is 0.131 e. The highest BCUT2D eigenvalue weighted by molar-refractivity contribution is 5.64. The average Bonchev–Trinajstić information content (AvgIpc) is 2.85. The number of fused-ring (bicyclic) bond motifs is 1. The van der Waals surface area contributed by atoms with Gasteiger partial charge in [-0.25, -0.2) is 9.97 Å². The van der Waals surface area contributed by atoms with Gasteiger partial charge in [0.05, 0.1) is 12.3 Å². The molecule has 2 aromatic rings. The first-order valence-electron chi connectivity index (χ1n) is 6.16. The van der Waals surface area contributed by atoms with E-state index in [9.17, 15) is 0 Å². The van der Waals surface area contributed by atoms with Crippen LogP contribution >= 0.6 is 0 Å². The van der Waals surface area contributed by atoms with E-state index < -0.39 is 0 Å². The van der Waals surface area contributed by atoms with Crippen molar-refractivity contribution in [3.63, 3.8) is 0 Å². The number of ether oxygens (including phenoxy) is 1. The maximum atomic E-state index is 5.81. The standard InChI is InChI=1S/C14H15N3O/c1-2-14-16-11(8-13(15)17-14)9-3-4-12-10(7-9)5-6-18-12/h3-4,7-8H,2,5-6H2,1H3,(H2,15,16,17). The topological polar surface area (TPSA) is 61.0 Å². The van der Waals surface area contributed by atoms with Gasteiger partial charge in [0.2, 0.25) is 0 Å². The molecule has 0 fully saturated rings. The maximum absolute atomic E-state index is 5.81. The maximum Gasteiger partial charge on any atom is 0.131 e. The number of benzene rings is 1. The molecule has 3 rings (SSSR count). The van der Waals surface area contributed by atoms with Crippen molar-refractivity contribution in [1.29, 1.82) is 0 Å². The van der Waals surface area contributed by atoms with Crippen LogP contribution in [0.25, 0.3) is 11.3 Å². The summed E-state index contributed by atoms with van der Waals surface area (Å²) in [5.41, 5.74) is 9.00. The second-order valence-corrected chi connectivity index (χ2v) is 4.37. The summed E-state index contributed by atoms with van der Waals surface area (Å²) >= 11 is 0. The summed E-state index contributed by atoms with van der Waals surface area (Å²) in [5.74, 6) is 2.28. The van der Waals surface area contributed by atoms with E-state index in [0.29, 0.717) is 5.82 Å². The first kappa shape index (κ1) is 11.0. The minimum atomic E-state index is 0.522. The molecule has 0 saturated carbocycles. The zero-order valence-electron chi connectivity index (χ0n) is 10.3. The Balaban J connectivity index is 2.06. The van der Waals surface area contributed by atoms with Crippen LogP contribution in [0.1, 0.15) is 18.3 Å². The lowest BCUT2D eigenvalue weighted by Gasteiger charge is -2.06. The normalized spacial score (nSPS) is 13.2. The fraction of sp³-hybridized carbons (Fsp3) is 0.286. The van der Waals surface area contributed by atoms with E-state index in [1.807, 2.05) is 25.1 Å². The highest BCUT2D eigenvalue weighted by Crippen LogP contribution is 2.30. The Labute approximate surface area is 106 Å². The van der Waals surface area contributed by atoms with Gasteiger partial charge in [-0.3, -0.25) is 0 Å². The summed E-state index contributed by atoms with van der Waals surface area (Å²) in [4.78, 5) is 8.71. The van der Waals surface area contributed by atoms with Crippen LogP contribution in [-0.4, -0.2) is 16.6 Å². The van der Waals surface area contributed by atoms with Gasteiger partial charge in [0, 0.05) is 24.5 Å². The molecule has 18 heavy (non-hydrogen) atoms. The number of anilines is 1. The highest BCUT2D eigenvalue weighted by Gasteiger charge is 2.13. The second kappa shape index (κ2) is 4.29. The van der Waals surface area contributed by atoms with Crippen LogP contribution in [0.5, 0.6) is 5.75 Å². The molecular formula is C14H15N3O. The quantitative estimate of drug-likeness (QED) is 0.875. The SMILES string of the molecule is CCc1nc(N)cc(-c2ccc3c(c2)CCO3)n1. The van der Waals surface area contributed by atoms with Crippen molar-refractivity contribution in [2.45, 2.75) is 19.8 Å². The molecule has 1 aromatic heterocycles. The van der Waals surface area contributed by atoms with Crippen LogP contribution in [0.2, 0.25) is 0 Å². The van der Waals surface area contributed by atoms with E-state index in [0.717, 1.165) is 42.3 Å². The van der Waals surface area contributed by atoms with E-state index in [1.165, 1.54) is 5.56 Å². The minimum Gasteiger partial charge on any atom is -0.493 e. The lowest BCUT2D eigenvalue weighted by Crippen LogP contribution is -2.00. The monoisotopic (exact) mass is 241 g/mol. The molecular weight excluding hydrogens is 226 g/mol. The Kier molecular flexibility index (Phi) is 2.63. The summed E-state index contributed by atoms with van der Waals surface area (Å²) in [7, 11) is 0. The van der Waals surface area contributed by atoms with Crippen LogP contribution in [0.3, 0.4) is 0 Å². The van der Waals surface area contributed by atoms with Crippen molar-refractivity contribution in [3.8, 4) is 17.0 Å². The van der Waals surface area contributed by atoms with Crippen molar-refractivity contribution >= 4 is 5.82 Å². The lowest BCUT2D eigenvalue weighted by molar-refractivity contribution is 0.357. The molecule has 1 aliphatic heterocycles. The predicted molar refractivity (Wildman–Crippen MR) is 70.5 cm³/mol.